The van der Waals surface area contributed by atoms with Gasteiger partial charge in [-0.1, -0.05) is 0 Å². The van der Waals surface area contributed by atoms with Crippen molar-refractivity contribution in [2.24, 2.45) is 5.92 Å². The van der Waals surface area contributed by atoms with Crippen LogP contribution < -0.4 is 5.32 Å². The Morgan fingerprint density at radius 2 is 2.27 bits per heavy atom. The number of piperidine rings is 1. The quantitative estimate of drug-likeness (QED) is 0.669. The van der Waals surface area contributed by atoms with Crippen LogP contribution in [0.3, 0.4) is 0 Å². The molecule has 66 valence electrons. The van der Waals surface area contributed by atoms with E-state index in [1.54, 1.807) is 0 Å². The normalized spacial score (nSPS) is 32.2. The van der Waals surface area contributed by atoms with E-state index in [0.717, 1.165) is 25.7 Å². The number of nitrogens with one attached hydrogen (secondary N) is 1. The highest BCUT2D eigenvalue weighted by Gasteiger charge is 2.16. The first-order chi connectivity index (χ1) is 5.33. The zero-order valence-electron chi connectivity index (χ0n) is 7.60. The molecule has 0 aliphatic carbocycles. The molecule has 2 atom stereocenters. The van der Waals surface area contributed by atoms with Crippen LogP contribution in [0.2, 0.25) is 0 Å². The summed E-state index contributed by atoms with van der Waals surface area (Å²) in [6, 6.07) is 0.716. The van der Waals surface area contributed by atoms with Gasteiger partial charge in [0, 0.05) is 19.2 Å². The first-order valence-corrected chi connectivity index (χ1v) is 4.64. The summed E-state index contributed by atoms with van der Waals surface area (Å²) in [6.45, 7) is 7.24. The summed E-state index contributed by atoms with van der Waals surface area (Å²) in [5.41, 5.74) is 0. The Labute approximate surface area is 69.3 Å². The standard InChI is InChI=1S/C9H19NO/c1-3-11-7-9-5-4-8(2)10-6-9/h8-10H,3-7H2,1-2H3. The maximum Gasteiger partial charge on any atom is 0.0506 e. The molecule has 1 aliphatic heterocycles. The van der Waals surface area contributed by atoms with Crippen molar-refractivity contribution in [1.82, 2.24) is 5.32 Å². The molecule has 1 fully saturated rings. The van der Waals surface area contributed by atoms with Crippen LogP contribution in [0.4, 0.5) is 0 Å². The van der Waals surface area contributed by atoms with Crippen LogP contribution in [-0.4, -0.2) is 25.8 Å². The Kier molecular flexibility index (Phi) is 3.87. The molecule has 1 rings (SSSR count). The van der Waals surface area contributed by atoms with Gasteiger partial charge in [-0.3, -0.25) is 0 Å². The molecule has 1 aliphatic rings. The van der Waals surface area contributed by atoms with E-state index >= 15 is 0 Å². The molecule has 0 aromatic heterocycles. The monoisotopic (exact) mass is 157 g/mol. The van der Waals surface area contributed by atoms with Gasteiger partial charge in [-0.05, 0) is 32.6 Å². The summed E-state index contributed by atoms with van der Waals surface area (Å²) in [5.74, 6) is 0.756. The van der Waals surface area contributed by atoms with Gasteiger partial charge in [-0.15, -0.1) is 0 Å². The molecule has 1 heterocycles. The average Bonchev–Trinajstić information content (AvgIpc) is 2.04. The summed E-state index contributed by atoms with van der Waals surface area (Å²) < 4.78 is 5.37. The van der Waals surface area contributed by atoms with Crippen LogP contribution in [0.5, 0.6) is 0 Å². The lowest BCUT2D eigenvalue weighted by molar-refractivity contribution is 0.0953. The minimum Gasteiger partial charge on any atom is -0.381 e. The minimum absolute atomic E-state index is 0.716. The van der Waals surface area contributed by atoms with E-state index in [4.69, 9.17) is 4.74 Å². The van der Waals surface area contributed by atoms with E-state index in [0.29, 0.717) is 6.04 Å². The van der Waals surface area contributed by atoms with E-state index < -0.39 is 0 Å². The van der Waals surface area contributed by atoms with Crippen molar-refractivity contribution in [1.29, 1.82) is 0 Å². The number of hydrogen-bond acceptors (Lipinski definition) is 2. The predicted molar refractivity (Wildman–Crippen MR) is 46.7 cm³/mol. The molecule has 0 aromatic carbocycles. The lowest BCUT2D eigenvalue weighted by atomic mass is 9.96. The van der Waals surface area contributed by atoms with Crippen LogP contribution >= 0.6 is 0 Å². The van der Waals surface area contributed by atoms with Crippen molar-refractivity contribution in [2.45, 2.75) is 32.7 Å². The van der Waals surface area contributed by atoms with Crippen LogP contribution in [-0.2, 0) is 4.74 Å². The SMILES string of the molecule is CCOCC1CCC(C)NC1. The summed E-state index contributed by atoms with van der Waals surface area (Å²) in [4.78, 5) is 0. The van der Waals surface area contributed by atoms with Crippen molar-refractivity contribution in [3.63, 3.8) is 0 Å². The second-order valence-corrected chi connectivity index (χ2v) is 3.41. The zero-order valence-corrected chi connectivity index (χ0v) is 7.60. The van der Waals surface area contributed by atoms with Crippen molar-refractivity contribution >= 4 is 0 Å². The Morgan fingerprint density at radius 3 is 2.82 bits per heavy atom. The van der Waals surface area contributed by atoms with E-state index in [1.165, 1.54) is 12.8 Å². The van der Waals surface area contributed by atoms with Crippen molar-refractivity contribution in [3.05, 3.63) is 0 Å². The molecule has 0 bridgehead atoms. The van der Waals surface area contributed by atoms with Crippen molar-refractivity contribution in [3.8, 4) is 0 Å². The van der Waals surface area contributed by atoms with Gasteiger partial charge in [-0.2, -0.15) is 0 Å². The van der Waals surface area contributed by atoms with Crippen molar-refractivity contribution in [2.75, 3.05) is 19.8 Å². The largest absolute Gasteiger partial charge is 0.381 e. The molecule has 2 heteroatoms. The molecular weight excluding hydrogens is 138 g/mol. The molecule has 11 heavy (non-hydrogen) atoms. The van der Waals surface area contributed by atoms with Crippen LogP contribution in [0, 0.1) is 5.92 Å². The van der Waals surface area contributed by atoms with Gasteiger partial charge in [0.2, 0.25) is 0 Å². The highest BCUT2D eigenvalue weighted by molar-refractivity contribution is 4.74. The van der Waals surface area contributed by atoms with Gasteiger partial charge >= 0.3 is 0 Å². The Hall–Kier alpha value is -0.0800. The lowest BCUT2D eigenvalue weighted by Crippen LogP contribution is -2.38. The van der Waals surface area contributed by atoms with Crippen LogP contribution in [0.15, 0.2) is 0 Å². The lowest BCUT2D eigenvalue weighted by Gasteiger charge is -2.27. The molecule has 0 radical (unpaired) electrons. The first kappa shape index (κ1) is 9.01. The topological polar surface area (TPSA) is 21.3 Å². The number of hydrogen-bond donors (Lipinski definition) is 1. The van der Waals surface area contributed by atoms with E-state index in [1.807, 2.05) is 0 Å². The summed E-state index contributed by atoms with van der Waals surface area (Å²) in [5, 5.41) is 3.46. The van der Waals surface area contributed by atoms with Gasteiger partial charge in [0.05, 0.1) is 6.61 Å². The maximum absolute atomic E-state index is 5.37. The van der Waals surface area contributed by atoms with Crippen molar-refractivity contribution < 1.29 is 4.74 Å². The molecule has 2 nitrogen and oxygen atoms in total. The molecule has 0 amide bonds. The van der Waals surface area contributed by atoms with E-state index in [2.05, 4.69) is 19.2 Å². The molecule has 0 spiro atoms. The van der Waals surface area contributed by atoms with Gasteiger partial charge in [0.1, 0.15) is 0 Å². The number of ether oxygens (including phenoxy) is 1. The third-order valence-corrected chi connectivity index (χ3v) is 2.32. The molecule has 0 aromatic rings. The Morgan fingerprint density at radius 1 is 1.45 bits per heavy atom. The van der Waals surface area contributed by atoms with Gasteiger partial charge < -0.3 is 10.1 Å². The van der Waals surface area contributed by atoms with Crippen LogP contribution in [0.1, 0.15) is 26.7 Å². The molecule has 0 saturated carbocycles. The second-order valence-electron chi connectivity index (χ2n) is 3.41. The fourth-order valence-corrected chi connectivity index (χ4v) is 1.48. The highest BCUT2D eigenvalue weighted by Crippen LogP contribution is 2.13. The van der Waals surface area contributed by atoms with Crippen LogP contribution in [0.25, 0.3) is 0 Å². The van der Waals surface area contributed by atoms with Gasteiger partial charge in [0.15, 0.2) is 0 Å². The first-order valence-electron chi connectivity index (χ1n) is 4.64. The smallest absolute Gasteiger partial charge is 0.0506 e. The minimum atomic E-state index is 0.716. The number of rotatable bonds is 3. The predicted octanol–water partition coefficient (Wildman–Crippen LogP) is 1.41. The molecular formula is C9H19NO. The second kappa shape index (κ2) is 4.73. The zero-order chi connectivity index (χ0) is 8.10. The summed E-state index contributed by atoms with van der Waals surface area (Å²) in [6.07, 6.45) is 2.63. The molecule has 1 N–H and O–H groups in total. The summed E-state index contributed by atoms with van der Waals surface area (Å²) in [7, 11) is 0. The third-order valence-electron chi connectivity index (χ3n) is 2.32. The van der Waals surface area contributed by atoms with Gasteiger partial charge in [-0.25, -0.2) is 0 Å². The third kappa shape index (κ3) is 3.21. The Balaban J connectivity index is 2.07. The fraction of sp³-hybridized carbons (Fsp3) is 1.00. The average molecular weight is 157 g/mol. The van der Waals surface area contributed by atoms with E-state index in [9.17, 15) is 0 Å². The molecule has 2 unspecified atom stereocenters. The highest BCUT2D eigenvalue weighted by atomic mass is 16.5. The fourth-order valence-electron chi connectivity index (χ4n) is 1.48. The van der Waals surface area contributed by atoms with Gasteiger partial charge in [0.25, 0.3) is 0 Å². The van der Waals surface area contributed by atoms with E-state index in [-0.39, 0.29) is 0 Å². The summed E-state index contributed by atoms with van der Waals surface area (Å²) >= 11 is 0. The maximum atomic E-state index is 5.37. The molecule has 1 saturated heterocycles. The Bertz CT molecular complexity index is 95.0.